The Kier molecular flexibility index (Phi) is 2.41. The number of benzene rings is 1. The Balaban J connectivity index is 2.01. The van der Waals surface area contributed by atoms with Gasteiger partial charge in [-0.05, 0) is 19.1 Å². The predicted octanol–water partition coefficient (Wildman–Crippen LogP) is 0.730. The molecule has 0 spiro atoms. The number of ether oxygens (including phenoxy) is 1. The Morgan fingerprint density at radius 1 is 1.33 bits per heavy atom. The number of cyclic esters (lactones) is 1. The van der Waals surface area contributed by atoms with Gasteiger partial charge in [0, 0.05) is 5.56 Å². The van der Waals surface area contributed by atoms with Crippen molar-refractivity contribution >= 4 is 11.9 Å². The lowest BCUT2D eigenvalue weighted by Gasteiger charge is -2.32. The lowest BCUT2D eigenvalue weighted by molar-refractivity contribution is -0.173. The van der Waals surface area contributed by atoms with Crippen LogP contribution in [0.25, 0.3) is 0 Å². The Morgan fingerprint density at radius 3 is 2.53 bits per heavy atom. The third kappa shape index (κ3) is 1.83. The van der Waals surface area contributed by atoms with Gasteiger partial charge >= 0.3 is 5.97 Å². The average molecular weight is 205 g/mol. The second-order valence-corrected chi connectivity index (χ2v) is 3.46. The van der Waals surface area contributed by atoms with Gasteiger partial charge in [0.1, 0.15) is 6.10 Å². The van der Waals surface area contributed by atoms with E-state index in [-0.39, 0.29) is 18.0 Å². The maximum absolute atomic E-state index is 11.6. The van der Waals surface area contributed by atoms with Crippen LogP contribution in [0.15, 0.2) is 30.3 Å². The van der Waals surface area contributed by atoms with Crippen LogP contribution in [-0.4, -0.2) is 24.0 Å². The number of amides is 1. The van der Waals surface area contributed by atoms with E-state index in [0.29, 0.717) is 5.56 Å². The molecule has 1 aromatic carbocycles. The van der Waals surface area contributed by atoms with Crippen molar-refractivity contribution in [2.45, 2.75) is 19.1 Å². The molecule has 2 atom stereocenters. The molecule has 78 valence electrons. The zero-order valence-corrected chi connectivity index (χ0v) is 8.27. The molecule has 0 unspecified atom stereocenters. The van der Waals surface area contributed by atoms with E-state index in [1.54, 1.807) is 31.2 Å². The summed E-state index contributed by atoms with van der Waals surface area (Å²) in [5.41, 5.74) is 0.546. The maximum atomic E-state index is 11.6. The molecule has 1 fully saturated rings. The van der Waals surface area contributed by atoms with Gasteiger partial charge in [0.05, 0.1) is 0 Å². The van der Waals surface area contributed by atoms with Crippen LogP contribution in [-0.2, 0) is 9.53 Å². The SMILES string of the molecule is C[C@H]1OC(=O)[C@H]1NC(=O)c1ccccc1. The summed E-state index contributed by atoms with van der Waals surface area (Å²) in [4.78, 5) is 22.6. The lowest BCUT2D eigenvalue weighted by Crippen LogP contribution is -2.58. The predicted molar refractivity (Wildman–Crippen MR) is 53.3 cm³/mol. The minimum Gasteiger partial charge on any atom is -0.458 e. The third-order valence-electron chi connectivity index (χ3n) is 2.35. The van der Waals surface area contributed by atoms with Crippen molar-refractivity contribution in [1.82, 2.24) is 5.32 Å². The van der Waals surface area contributed by atoms with Gasteiger partial charge in [0.25, 0.3) is 5.91 Å². The molecule has 1 saturated heterocycles. The minimum absolute atomic E-state index is 0.231. The van der Waals surface area contributed by atoms with Gasteiger partial charge in [-0.25, -0.2) is 4.79 Å². The summed E-state index contributed by atoms with van der Waals surface area (Å²) in [5.74, 6) is -0.615. The number of nitrogens with one attached hydrogen (secondary N) is 1. The molecule has 1 aliphatic heterocycles. The van der Waals surface area contributed by atoms with Crippen LogP contribution in [0.3, 0.4) is 0 Å². The standard InChI is InChI=1S/C11H11NO3/c1-7-9(11(14)15-7)12-10(13)8-5-3-2-4-6-8/h2-7,9H,1H3,(H,12,13)/t7-,9+/m1/s1. The zero-order chi connectivity index (χ0) is 10.8. The first-order chi connectivity index (χ1) is 7.18. The van der Waals surface area contributed by atoms with Crippen molar-refractivity contribution in [1.29, 1.82) is 0 Å². The van der Waals surface area contributed by atoms with Crippen LogP contribution in [0.2, 0.25) is 0 Å². The van der Waals surface area contributed by atoms with Crippen molar-refractivity contribution < 1.29 is 14.3 Å². The lowest BCUT2D eigenvalue weighted by atomic mass is 10.1. The molecule has 4 heteroatoms. The quantitative estimate of drug-likeness (QED) is 0.724. The molecule has 2 rings (SSSR count). The number of carbonyl (C=O) groups excluding carboxylic acids is 2. The summed E-state index contributed by atoms with van der Waals surface area (Å²) in [5, 5.41) is 2.62. The van der Waals surface area contributed by atoms with Crippen molar-refractivity contribution in [2.75, 3.05) is 0 Å². The first-order valence-corrected chi connectivity index (χ1v) is 4.75. The number of esters is 1. The topological polar surface area (TPSA) is 55.4 Å². The van der Waals surface area contributed by atoms with E-state index in [0.717, 1.165) is 0 Å². The summed E-state index contributed by atoms with van der Waals surface area (Å²) in [6, 6.07) is 8.28. The highest BCUT2D eigenvalue weighted by atomic mass is 16.6. The highest BCUT2D eigenvalue weighted by Gasteiger charge is 2.40. The van der Waals surface area contributed by atoms with Gasteiger partial charge < -0.3 is 10.1 Å². The normalized spacial score (nSPS) is 23.9. The molecule has 0 aromatic heterocycles. The average Bonchev–Trinajstić information content (AvgIpc) is 2.27. The number of carbonyl (C=O) groups is 2. The molecule has 0 radical (unpaired) electrons. The van der Waals surface area contributed by atoms with E-state index in [9.17, 15) is 9.59 Å². The fourth-order valence-electron chi connectivity index (χ4n) is 1.43. The highest BCUT2D eigenvalue weighted by Crippen LogP contribution is 2.14. The number of rotatable bonds is 2. The van der Waals surface area contributed by atoms with Gasteiger partial charge in [-0.3, -0.25) is 4.79 Å². The fraction of sp³-hybridized carbons (Fsp3) is 0.273. The number of hydrogen-bond acceptors (Lipinski definition) is 3. The summed E-state index contributed by atoms with van der Waals surface area (Å²) in [6.45, 7) is 1.75. The van der Waals surface area contributed by atoms with Crippen LogP contribution in [0.5, 0.6) is 0 Å². The molecular weight excluding hydrogens is 194 g/mol. The van der Waals surface area contributed by atoms with Gasteiger partial charge in [-0.15, -0.1) is 0 Å². The van der Waals surface area contributed by atoms with E-state index in [4.69, 9.17) is 4.74 Å². The van der Waals surface area contributed by atoms with E-state index in [1.165, 1.54) is 0 Å². The third-order valence-corrected chi connectivity index (χ3v) is 2.35. The van der Waals surface area contributed by atoms with Crippen LogP contribution in [0.1, 0.15) is 17.3 Å². The second kappa shape index (κ2) is 3.73. The van der Waals surface area contributed by atoms with Crippen molar-refractivity contribution in [3.05, 3.63) is 35.9 Å². The molecule has 0 aliphatic carbocycles. The summed E-state index contributed by atoms with van der Waals surface area (Å²) < 4.78 is 4.73. The molecule has 1 heterocycles. The Hall–Kier alpha value is -1.84. The minimum atomic E-state index is -0.502. The summed E-state index contributed by atoms with van der Waals surface area (Å²) >= 11 is 0. The van der Waals surface area contributed by atoms with Gasteiger partial charge in [0.15, 0.2) is 6.04 Å². The smallest absolute Gasteiger partial charge is 0.332 e. The van der Waals surface area contributed by atoms with Crippen LogP contribution >= 0.6 is 0 Å². The van der Waals surface area contributed by atoms with Crippen LogP contribution < -0.4 is 5.32 Å². The van der Waals surface area contributed by atoms with Crippen molar-refractivity contribution in [3.8, 4) is 0 Å². The first kappa shape index (κ1) is 9.71. The molecule has 0 bridgehead atoms. The van der Waals surface area contributed by atoms with Gasteiger partial charge in [-0.2, -0.15) is 0 Å². The second-order valence-electron chi connectivity index (χ2n) is 3.46. The van der Waals surface area contributed by atoms with Crippen molar-refractivity contribution in [3.63, 3.8) is 0 Å². The molecule has 1 aliphatic rings. The fourth-order valence-corrected chi connectivity index (χ4v) is 1.43. The molecule has 1 aromatic rings. The molecule has 15 heavy (non-hydrogen) atoms. The van der Waals surface area contributed by atoms with Crippen molar-refractivity contribution in [2.24, 2.45) is 0 Å². The summed E-state index contributed by atoms with van der Waals surface area (Å²) in [6.07, 6.45) is -0.231. The maximum Gasteiger partial charge on any atom is 0.332 e. The highest BCUT2D eigenvalue weighted by molar-refractivity contribution is 5.97. The monoisotopic (exact) mass is 205 g/mol. The Morgan fingerprint density at radius 2 is 2.00 bits per heavy atom. The Labute approximate surface area is 87.2 Å². The zero-order valence-electron chi connectivity index (χ0n) is 8.27. The Bertz CT molecular complexity index is 388. The number of hydrogen-bond donors (Lipinski definition) is 1. The largest absolute Gasteiger partial charge is 0.458 e. The molecular formula is C11H11NO3. The molecule has 1 amide bonds. The van der Waals surface area contributed by atoms with E-state index >= 15 is 0 Å². The molecule has 1 N–H and O–H groups in total. The van der Waals surface area contributed by atoms with Crippen LogP contribution in [0.4, 0.5) is 0 Å². The van der Waals surface area contributed by atoms with E-state index in [1.807, 2.05) is 6.07 Å². The first-order valence-electron chi connectivity index (χ1n) is 4.75. The van der Waals surface area contributed by atoms with Gasteiger partial charge in [-0.1, -0.05) is 18.2 Å². The van der Waals surface area contributed by atoms with E-state index in [2.05, 4.69) is 5.32 Å². The summed E-state index contributed by atoms with van der Waals surface area (Å²) in [7, 11) is 0. The van der Waals surface area contributed by atoms with Gasteiger partial charge in [0.2, 0.25) is 0 Å². The van der Waals surface area contributed by atoms with E-state index < -0.39 is 6.04 Å². The van der Waals surface area contributed by atoms with Crippen LogP contribution in [0, 0.1) is 0 Å². The molecule has 4 nitrogen and oxygen atoms in total. The molecule has 0 saturated carbocycles.